The number of anilines is 1. The van der Waals surface area contributed by atoms with E-state index in [0.29, 0.717) is 18.1 Å². The van der Waals surface area contributed by atoms with E-state index >= 15 is 0 Å². The Hall–Kier alpha value is -1.31. The average Bonchev–Trinajstić information content (AvgIpc) is 2.68. The lowest BCUT2D eigenvalue weighted by atomic mass is 10.1. The van der Waals surface area contributed by atoms with Gasteiger partial charge in [0.1, 0.15) is 0 Å². The standard InChI is InChI=1S/C11H13ClN4O2S/c1-19(17,18)15-8-5-16(6-8)11-3-7(12)2-10-9(11)4-13-14-10/h2-4,8,15H,5-6H2,1H3,(H,13,14). The van der Waals surface area contributed by atoms with Crippen molar-refractivity contribution in [2.75, 3.05) is 24.2 Å². The highest BCUT2D eigenvalue weighted by Gasteiger charge is 2.30. The van der Waals surface area contributed by atoms with E-state index in [9.17, 15) is 8.42 Å². The first-order valence-corrected chi connectivity index (χ1v) is 8.04. The molecule has 0 radical (unpaired) electrons. The molecule has 1 aliphatic heterocycles. The summed E-state index contributed by atoms with van der Waals surface area (Å²) in [5.74, 6) is 0. The number of aromatic amines is 1. The number of nitrogens with zero attached hydrogens (tertiary/aromatic N) is 2. The van der Waals surface area contributed by atoms with Crippen molar-refractivity contribution in [3.8, 4) is 0 Å². The highest BCUT2D eigenvalue weighted by Crippen LogP contribution is 2.32. The fraction of sp³-hybridized carbons (Fsp3) is 0.364. The monoisotopic (exact) mass is 300 g/mol. The Labute approximate surface area is 115 Å². The summed E-state index contributed by atoms with van der Waals surface area (Å²) in [5, 5.41) is 8.50. The quantitative estimate of drug-likeness (QED) is 0.885. The summed E-state index contributed by atoms with van der Waals surface area (Å²) in [7, 11) is -3.15. The van der Waals surface area contributed by atoms with Crippen LogP contribution in [0.2, 0.25) is 5.02 Å². The molecule has 1 aliphatic rings. The molecule has 3 rings (SSSR count). The minimum atomic E-state index is -3.15. The van der Waals surface area contributed by atoms with Crippen molar-refractivity contribution in [1.29, 1.82) is 0 Å². The molecule has 1 fully saturated rings. The number of fused-ring (bicyclic) bond motifs is 1. The summed E-state index contributed by atoms with van der Waals surface area (Å²) in [4.78, 5) is 2.08. The lowest BCUT2D eigenvalue weighted by molar-refractivity contribution is 0.472. The van der Waals surface area contributed by atoms with E-state index in [1.165, 1.54) is 6.26 Å². The van der Waals surface area contributed by atoms with Crippen LogP contribution in [-0.2, 0) is 10.0 Å². The molecule has 0 amide bonds. The van der Waals surface area contributed by atoms with Gasteiger partial charge in [-0.2, -0.15) is 5.10 Å². The third-order valence-electron chi connectivity index (χ3n) is 3.10. The first kappa shape index (κ1) is 12.7. The molecule has 8 heteroatoms. The molecule has 2 heterocycles. The third kappa shape index (κ3) is 2.54. The van der Waals surface area contributed by atoms with E-state index in [2.05, 4.69) is 19.8 Å². The van der Waals surface area contributed by atoms with Crippen LogP contribution in [0.3, 0.4) is 0 Å². The molecular formula is C11H13ClN4O2S. The molecule has 19 heavy (non-hydrogen) atoms. The van der Waals surface area contributed by atoms with E-state index in [1.807, 2.05) is 12.1 Å². The Kier molecular flexibility index (Phi) is 2.92. The Morgan fingerprint density at radius 2 is 2.21 bits per heavy atom. The minimum absolute atomic E-state index is 0.0454. The lowest BCUT2D eigenvalue weighted by Crippen LogP contribution is -2.59. The highest BCUT2D eigenvalue weighted by molar-refractivity contribution is 7.88. The number of rotatable bonds is 3. The molecule has 2 aromatic rings. The molecule has 0 aliphatic carbocycles. The van der Waals surface area contributed by atoms with Crippen molar-refractivity contribution >= 4 is 38.2 Å². The fourth-order valence-electron chi connectivity index (χ4n) is 2.31. The van der Waals surface area contributed by atoms with Crippen molar-refractivity contribution in [2.24, 2.45) is 0 Å². The highest BCUT2D eigenvalue weighted by atomic mass is 35.5. The fourth-order valence-corrected chi connectivity index (χ4v) is 3.28. The maximum atomic E-state index is 11.1. The topological polar surface area (TPSA) is 78.1 Å². The van der Waals surface area contributed by atoms with Crippen LogP contribution in [0.25, 0.3) is 10.9 Å². The molecular weight excluding hydrogens is 288 g/mol. The van der Waals surface area contributed by atoms with Crippen LogP contribution in [-0.4, -0.2) is 44.0 Å². The minimum Gasteiger partial charge on any atom is -0.368 e. The van der Waals surface area contributed by atoms with Gasteiger partial charge in [0.05, 0.1) is 24.0 Å². The second-order valence-corrected chi connectivity index (χ2v) is 6.96. The average molecular weight is 301 g/mol. The molecule has 0 saturated carbocycles. The van der Waals surface area contributed by atoms with Gasteiger partial charge in [0.15, 0.2) is 0 Å². The predicted molar refractivity (Wildman–Crippen MR) is 75.1 cm³/mol. The van der Waals surface area contributed by atoms with Gasteiger partial charge >= 0.3 is 0 Å². The van der Waals surface area contributed by atoms with Crippen LogP contribution in [0, 0.1) is 0 Å². The molecule has 1 aromatic heterocycles. The van der Waals surface area contributed by atoms with Crippen molar-refractivity contribution in [2.45, 2.75) is 6.04 Å². The summed E-state index contributed by atoms with van der Waals surface area (Å²) in [6.07, 6.45) is 2.92. The predicted octanol–water partition coefficient (Wildman–Crippen LogP) is 0.954. The normalized spacial score (nSPS) is 16.8. The largest absolute Gasteiger partial charge is 0.368 e. The summed E-state index contributed by atoms with van der Waals surface area (Å²) in [6, 6.07) is 3.64. The molecule has 6 nitrogen and oxygen atoms in total. The van der Waals surface area contributed by atoms with Gasteiger partial charge in [-0.05, 0) is 12.1 Å². The lowest BCUT2D eigenvalue weighted by Gasteiger charge is -2.41. The third-order valence-corrected chi connectivity index (χ3v) is 4.08. The molecule has 2 N–H and O–H groups in total. The number of hydrogen-bond acceptors (Lipinski definition) is 4. The van der Waals surface area contributed by atoms with Crippen molar-refractivity contribution in [3.63, 3.8) is 0 Å². The van der Waals surface area contributed by atoms with E-state index in [0.717, 1.165) is 16.6 Å². The first-order valence-electron chi connectivity index (χ1n) is 5.77. The van der Waals surface area contributed by atoms with Gasteiger partial charge in [-0.15, -0.1) is 0 Å². The van der Waals surface area contributed by atoms with E-state index in [-0.39, 0.29) is 6.04 Å². The number of H-pyrrole nitrogens is 1. The molecule has 0 bridgehead atoms. The number of aromatic nitrogens is 2. The van der Waals surface area contributed by atoms with E-state index < -0.39 is 10.0 Å². The van der Waals surface area contributed by atoms with Gasteiger partial charge in [-0.3, -0.25) is 5.10 Å². The van der Waals surface area contributed by atoms with Crippen molar-refractivity contribution in [3.05, 3.63) is 23.4 Å². The van der Waals surface area contributed by atoms with Crippen molar-refractivity contribution < 1.29 is 8.42 Å². The summed E-state index contributed by atoms with van der Waals surface area (Å²) in [5.41, 5.74) is 1.85. The molecule has 1 aromatic carbocycles. The van der Waals surface area contributed by atoms with Crippen LogP contribution in [0.4, 0.5) is 5.69 Å². The van der Waals surface area contributed by atoms with Crippen molar-refractivity contribution in [1.82, 2.24) is 14.9 Å². The SMILES string of the molecule is CS(=O)(=O)NC1CN(c2cc(Cl)cc3[nH]ncc23)C1. The van der Waals surface area contributed by atoms with E-state index in [4.69, 9.17) is 11.6 Å². The molecule has 0 spiro atoms. The van der Waals surface area contributed by atoms with Gasteiger partial charge in [0.2, 0.25) is 10.0 Å². The molecule has 0 unspecified atom stereocenters. The number of sulfonamides is 1. The van der Waals surface area contributed by atoms with E-state index in [1.54, 1.807) is 6.20 Å². The summed E-state index contributed by atoms with van der Waals surface area (Å²) < 4.78 is 24.9. The van der Waals surface area contributed by atoms with Gasteiger partial charge in [0.25, 0.3) is 0 Å². The number of hydrogen-bond donors (Lipinski definition) is 2. The Balaban J connectivity index is 1.82. The van der Waals surface area contributed by atoms with Crippen LogP contribution in [0.1, 0.15) is 0 Å². The maximum Gasteiger partial charge on any atom is 0.209 e. The second-order valence-electron chi connectivity index (χ2n) is 4.75. The number of benzene rings is 1. The van der Waals surface area contributed by atoms with Gasteiger partial charge in [0, 0.05) is 29.2 Å². The maximum absolute atomic E-state index is 11.1. The number of nitrogens with one attached hydrogen (secondary N) is 2. The van der Waals surface area contributed by atoms with Crippen LogP contribution >= 0.6 is 11.6 Å². The molecule has 0 atom stereocenters. The Bertz CT molecular complexity index is 721. The van der Waals surface area contributed by atoms with Crippen LogP contribution in [0.15, 0.2) is 18.3 Å². The van der Waals surface area contributed by atoms with Gasteiger partial charge in [-0.25, -0.2) is 13.1 Å². The van der Waals surface area contributed by atoms with Gasteiger partial charge in [-0.1, -0.05) is 11.6 Å². The molecule has 1 saturated heterocycles. The Morgan fingerprint density at radius 3 is 2.89 bits per heavy atom. The van der Waals surface area contributed by atoms with Crippen LogP contribution in [0.5, 0.6) is 0 Å². The Morgan fingerprint density at radius 1 is 1.47 bits per heavy atom. The zero-order valence-corrected chi connectivity index (χ0v) is 11.8. The summed E-state index contributed by atoms with van der Waals surface area (Å²) in [6.45, 7) is 1.27. The summed E-state index contributed by atoms with van der Waals surface area (Å²) >= 11 is 6.06. The second kappa shape index (κ2) is 4.36. The number of halogens is 1. The molecule has 102 valence electrons. The zero-order chi connectivity index (χ0) is 13.6. The first-order chi connectivity index (χ1) is 8.92. The van der Waals surface area contributed by atoms with Gasteiger partial charge < -0.3 is 4.90 Å². The van der Waals surface area contributed by atoms with Crippen LogP contribution < -0.4 is 9.62 Å². The smallest absolute Gasteiger partial charge is 0.209 e. The zero-order valence-electron chi connectivity index (χ0n) is 10.2.